The third kappa shape index (κ3) is 2.07. The van der Waals surface area contributed by atoms with Crippen LogP contribution in [0.4, 0.5) is 4.39 Å². The lowest BCUT2D eigenvalue weighted by Gasteiger charge is -2.12. The zero-order valence-electron chi connectivity index (χ0n) is 7.40. The first kappa shape index (κ1) is 10.6. The van der Waals surface area contributed by atoms with Crippen LogP contribution in [0.5, 0.6) is 0 Å². The first-order chi connectivity index (χ1) is 6.56. The van der Waals surface area contributed by atoms with Gasteiger partial charge in [-0.05, 0) is 23.8 Å². The predicted octanol–water partition coefficient (Wildman–Crippen LogP) is 0.482. The molecule has 1 atom stereocenters. The molecule has 0 fully saturated rings. The highest BCUT2D eigenvalue weighted by atomic mass is 19.1. The van der Waals surface area contributed by atoms with E-state index in [-0.39, 0.29) is 17.7 Å². The predicted molar refractivity (Wildman–Crippen MR) is 49.3 cm³/mol. The summed E-state index contributed by atoms with van der Waals surface area (Å²) >= 11 is 0. The van der Waals surface area contributed by atoms with Gasteiger partial charge in [0.2, 0.25) is 0 Å². The Morgan fingerprint density at radius 3 is 2.71 bits per heavy atom. The number of carboxylic acids is 1. The van der Waals surface area contributed by atoms with Crippen molar-refractivity contribution in [2.24, 2.45) is 11.5 Å². The van der Waals surface area contributed by atoms with Gasteiger partial charge in [0.15, 0.2) is 0 Å². The SMILES string of the molecule is NC[C@H](N)c1cc(F)ccc1C(=O)O. The number of hydrogen-bond donors (Lipinski definition) is 3. The number of halogens is 1. The normalized spacial score (nSPS) is 12.5. The number of nitrogens with two attached hydrogens (primary N) is 2. The zero-order valence-corrected chi connectivity index (χ0v) is 7.40. The maximum absolute atomic E-state index is 12.8. The lowest BCUT2D eigenvalue weighted by Crippen LogP contribution is -2.23. The van der Waals surface area contributed by atoms with Crippen molar-refractivity contribution >= 4 is 5.97 Å². The Bertz CT molecular complexity index is 355. The van der Waals surface area contributed by atoms with E-state index in [4.69, 9.17) is 16.6 Å². The molecule has 5 heteroatoms. The summed E-state index contributed by atoms with van der Waals surface area (Å²) in [6.07, 6.45) is 0. The van der Waals surface area contributed by atoms with Gasteiger partial charge in [0.25, 0.3) is 0 Å². The molecular weight excluding hydrogens is 187 g/mol. The summed E-state index contributed by atoms with van der Waals surface area (Å²) in [7, 11) is 0. The third-order valence-corrected chi connectivity index (χ3v) is 1.90. The van der Waals surface area contributed by atoms with E-state index in [0.29, 0.717) is 0 Å². The van der Waals surface area contributed by atoms with Crippen LogP contribution >= 0.6 is 0 Å². The minimum Gasteiger partial charge on any atom is -0.478 e. The summed E-state index contributed by atoms with van der Waals surface area (Å²) < 4.78 is 12.8. The maximum Gasteiger partial charge on any atom is 0.336 e. The Kier molecular flexibility index (Phi) is 3.16. The van der Waals surface area contributed by atoms with E-state index < -0.39 is 17.8 Å². The molecule has 0 heterocycles. The van der Waals surface area contributed by atoms with Crippen molar-refractivity contribution in [3.63, 3.8) is 0 Å². The van der Waals surface area contributed by atoms with Gasteiger partial charge in [-0.15, -0.1) is 0 Å². The van der Waals surface area contributed by atoms with Gasteiger partial charge < -0.3 is 16.6 Å². The van der Waals surface area contributed by atoms with Crippen molar-refractivity contribution < 1.29 is 14.3 Å². The molecule has 0 aliphatic rings. The van der Waals surface area contributed by atoms with E-state index in [1.165, 1.54) is 6.07 Å². The molecular formula is C9H11FN2O2. The first-order valence-corrected chi connectivity index (χ1v) is 4.04. The van der Waals surface area contributed by atoms with Gasteiger partial charge in [-0.3, -0.25) is 0 Å². The molecule has 0 saturated heterocycles. The van der Waals surface area contributed by atoms with Crippen LogP contribution in [0.3, 0.4) is 0 Å². The van der Waals surface area contributed by atoms with Crippen molar-refractivity contribution in [1.29, 1.82) is 0 Å². The number of carboxylic acid groups (broad SMARTS) is 1. The van der Waals surface area contributed by atoms with E-state index in [1.807, 2.05) is 0 Å². The fourth-order valence-corrected chi connectivity index (χ4v) is 1.16. The smallest absolute Gasteiger partial charge is 0.336 e. The summed E-state index contributed by atoms with van der Waals surface area (Å²) in [4.78, 5) is 10.7. The van der Waals surface area contributed by atoms with Gasteiger partial charge in [0.05, 0.1) is 5.56 Å². The fourth-order valence-electron chi connectivity index (χ4n) is 1.16. The van der Waals surface area contributed by atoms with Gasteiger partial charge in [-0.25, -0.2) is 9.18 Å². The highest BCUT2D eigenvalue weighted by molar-refractivity contribution is 5.89. The average Bonchev–Trinajstić information content (AvgIpc) is 2.16. The van der Waals surface area contributed by atoms with Crippen LogP contribution in [-0.4, -0.2) is 17.6 Å². The topological polar surface area (TPSA) is 89.3 Å². The Morgan fingerprint density at radius 2 is 2.21 bits per heavy atom. The Morgan fingerprint density at radius 1 is 1.57 bits per heavy atom. The van der Waals surface area contributed by atoms with Crippen molar-refractivity contribution in [2.75, 3.05) is 6.54 Å². The van der Waals surface area contributed by atoms with Gasteiger partial charge in [0.1, 0.15) is 5.82 Å². The number of benzene rings is 1. The maximum atomic E-state index is 12.8. The van der Waals surface area contributed by atoms with Gasteiger partial charge in [-0.2, -0.15) is 0 Å². The second kappa shape index (κ2) is 4.17. The van der Waals surface area contributed by atoms with Crippen molar-refractivity contribution in [3.8, 4) is 0 Å². The number of carbonyl (C=O) groups is 1. The molecule has 1 aromatic rings. The second-order valence-corrected chi connectivity index (χ2v) is 2.88. The van der Waals surface area contributed by atoms with E-state index >= 15 is 0 Å². The van der Waals surface area contributed by atoms with Crippen LogP contribution in [0.25, 0.3) is 0 Å². The summed E-state index contributed by atoms with van der Waals surface area (Å²) in [5, 5.41) is 8.78. The molecule has 1 rings (SSSR count). The van der Waals surface area contributed by atoms with E-state index in [9.17, 15) is 9.18 Å². The van der Waals surface area contributed by atoms with E-state index in [2.05, 4.69) is 0 Å². The molecule has 76 valence electrons. The summed E-state index contributed by atoms with van der Waals surface area (Å²) in [5.74, 6) is -1.65. The number of aromatic carboxylic acids is 1. The Balaban J connectivity index is 3.22. The van der Waals surface area contributed by atoms with Gasteiger partial charge in [-0.1, -0.05) is 0 Å². The van der Waals surface area contributed by atoms with Crippen LogP contribution < -0.4 is 11.5 Å². The van der Waals surface area contributed by atoms with Gasteiger partial charge >= 0.3 is 5.97 Å². The van der Waals surface area contributed by atoms with Crippen LogP contribution in [-0.2, 0) is 0 Å². The minimum absolute atomic E-state index is 0.00986. The molecule has 0 bridgehead atoms. The molecule has 0 radical (unpaired) electrons. The highest BCUT2D eigenvalue weighted by Crippen LogP contribution is 2.17. The van der Waals surface area contributed by atoms with Crippen LogP contribution in [0.15, 0.2) is 18.2 Å². The Labute approximate surface area is 80.3 Å². The minimum atomic E-state index is -1.14. The number of hydrogen-bond acceptors (Lipinski definition) is 3. The third-order valence-electron chi connectivity index (χ3n) is 1.90. The fraction of sp³-hybridized carbons (Fsp3) is 0.222. The zero-order chi connectivity index (χ0) is 10.7. The van der Waals surface area contributed by atoms with Crippen LogP contribution in [0.1, 0.15) is 22.0 Å². The van der Waals surface area contributed by atoms with E-state index in [1.54, 1.807) is 0 Å². The van der Waals surface area contributed by atoms with Gasteiger partial charge in [0, 0.05) is 12.6 Å². The average molecular weight is 198 g/mol. The number of rotatable bonds is 3. The van der Waals surface area contributed by atoms with Crippen molar-refractivity contribution in [3.05, 3.63) is 35.1 Å². The monoisotopic (exact) mass is 198 g/mol. The summed E-state index contributed by atoms with van der Waals surface area (Å²) in [6, 6.07) is 2.71. The molecule has 14 heavy (non-hydrogen) atoms. The molecule has 0 spiro atoms. The lowest BCUT2D eigenvalue weighted by atomic mass is 10.0. The highest BCUT2D eigenvalue weighted by Gasteiger charge is 2.15. The van der Waals surface area contributed by atoms with Crippen molar-refractivity contribution in [2.45, 2.75) is 6.04 Å². The lowest BCUT2D eigenvalue weighted by molar-refractivity contribution is 0.0695. The molecule has 0 aromatic heterocycles. The molecule has 0 aliphatic carbocycles. The van der Waals surface area contributed by atoms with Crippen molar-refractivity contribution in [1.82, 2.24) is 0 Å². The molecule has 1 aromatic carbocycles. The standard InChI is InChI=1S/C9H11FN2O2/c10-5-1-2-6(9(13)14)7(3-5)8(12)4-11/h1-3,8H,4,11-12H2,(H,13,14)/t8-/m0/s1. The molecule has 0 unspecified atom stereocenters. The molecule has 0 aliphatic heterocycles. The quantitative estimate of drug-likeness (QED) is 0.659. The molecule has 5 N–H and O–H groups in total. The van der Waals surface area contributed by atoms with Crippen LogP contribution in [0, 0.1) is 5.82 Å². The first-order valence-electron chi connectivity index (χ1n) is 4.04. The second-order valence-electron chi connectivity index (χ2n) is 2.88. The molecule has 0 amide bonds. The summed E-state index contributed by atoms with van der Waals surface area (Å²) in [5.41, 5.74) is 11.0. The molecule has 0 saturated carbocycles. The van der Waals surface area contributed by atoms with E-state index in [0.717, 1.165) is 12.1 Å². The Hall–Kier alpha value is -1.46. The molecule has 4 nitrogen and oxygen atoms in total. The summed E-state index contributed by atoms with van der Waals surface area (Å²) in [6.45, 7) is 0.0731. The van der Waals surface area contributed by atoms with Crippen LogP contribution in [0.2, 0.25) is 0 Å². The largest absolute Gasteiger partial charge is 0.478 e.